The van der Waals surface area contributed by atoms with Crippen molar-refractivity contribution in [2.24, 2.45) is 0 Å². The largest absolute Gasteiger partial charge is 0.392 e. The van der Waals surface area contributed by atoms with E-state index in [-0.39, 0.29) is 25.4 Å². The third-order valence-electron chi connectivity index (χ3n) is 8.73. The molecule has 0 radical (unpaired) electrons. The summed E-state index contributed by atoms with van der Waals surface area (Å²) in [6, 6.07) is 45.0. The normalized spacial score (nSPS) is 17.8. The summed E-state index contributed by atoms with van der Waals surface area (Å²) < 4.78 is 11.4. The predicted molar refractivity (Wildman–Crippen MR) is 199 cm³/mol. The van der Waals surface area contributed by atoms with E-state index in [1.807, 2.05) is 84.9 Å². The van der Waals surface area contributed by atoms with Crippen LogP contribution in [-0.4, -0.2) is 32.4 Å². The van der Waals surface area contributed by atoms with Crippen molar-refractivity contribution in [3.05, 3.63) is 167 Å². The summed E-state index contributed by atoms with van der Waals surface area (Å²) in [5, 5.41) is 12.3. The molecule has 1 aliphatic rings. The molecule has 50 heavy (non-hydrogen) atoms. The van der Waals surface area contributed by atoms with Crippen molar-refractivity contribution in [2.45, 2.75) is 55.0 Å². The van der Waals surface area contributed by atoms with Crippen molar-refractivity contribution in [2.75, 3.05) is 6.54 Å². The van der Waals surface area contributed by atoms with Crippen LogP contribution in [0.3, 0.4) is 0 Å². The van der Waals surface area contributed by atoms with Crippen molar-refractivity contribution in [1.29, 1.82) is 0 Å². The number of ether oxygens (including phenoxy) is 2. The second kappa shape index (κ2) is 17.0. The van der Waals surface area contributed by atoms with Crippen LogP contribution in [0.5, 0.6) is 0 Å². The number of carbonyl (C=O) groups is 1. The molecule has 6 rings (SSSR count). The second-order valence-corrected chi connectivity index (χ2v) is 14.8. The summed E-state index contributed by atoms with van der Waals surface area (Å²) >= 11 is 17.1. The molecule has 0 unspecified atom stereocenters. The van der Waals surface area contributed by atoms with E-state index in [1.165, 1.54) is 11.1 Å². The second-order valence-electron chi connectivity index (χ2n) is 12.5. The predicted octanol–water partition coefficient (Wildman–Crippen LogP) is 9.08. The molecule has 1 saturated heterocycles. The fourth-order valence-electron chi connectivity index (χ4n) is 6.17. The molecular weight excluding hydrogens is 691 g/mol. The third-order valence-corrected chi connectivity index (χ3v) is 9.24. The summed E-state index contributed by atoms with van der Waals surface area (Å²) in [5.41, 5.74) is 8.18. The Morgan fingerprint density at radius 3 is 1.90 bits per heavy atom. The van der Waals surface area contributed by atoms with Crippen molar-refractivity contribution in [3.8, 4) is 11.1 Å². The van der Waals surface area contributed by atoms with Gasteiger partial charge in [-0.1, -0.05) is 162 Å². The Hall–Kier alpha value is -3.72. The SMILES string of the molecule is O=C(NCc1cccc(-c2ccc([C@@H]3O[C@H](CN(Cc4ccccc4)Cc4ccccc4)C[C@H](c4ccc(CO)cc4)O3)cc2)c1)C(Cl)(Cl)Cl. The van der Waals surface area contributed by atoms with E-state index in [4.69, 9.17) is 44.3 Å². The molecule has 3 atom stereocenters. The Kier molecular flexibility index (Phi) is 12.3. The first kappa shape index (κ1) is 36.1. The summed E-state index contributed by atoms with van der Waals surface area (Å²) in [4.78, 5) is 14.5. The molecule has 0 spiro atoms. The fraction of sp³-hybridized carbons (Fsp3) is 0.244. The van der Waals surface area contributed by atoms with E-state index in [0.717, 1.165) is 46.5 Å². The highest BCUT2D eigenvalue weighted by Gasteiger charge is 2.33. The first-order valence-corrected chi connectivity index (χ1v) is 17.7. The first-order valence-electron chi connectivity index (χ1n) is 16.6. The zero-order chi connectivity index (χ0) is 34.9. The van der Waals surface area contributed by atoms with Gasteiger partial charge in [-0.05, 0) is 45.0 Å². The van der Waals surface area contributed by atoms with Gasteiger partial charge in [-0.2, -0.15) is 0 Å². The van der Waals surface area contributed by atoms with Gasteiger partial charge in [0.2, 0.25) is 0 Å². The molecule has 1 aliphatic heterocycles. The number of aliphatic hydroxyl groups excluding tert-OH is 1. The lowest BCUT2D eigenvalue weighted by molar-refractivity contribution is -0.253. The standard InChI is InChI=1S/C41H39Cl3N2O4/c42-41(43,44)40(48)45-24-32-12-7-13-36(22-32)33-18-20-35(21-19-33)39-49-37(23-38(50-39)34-16-14-31(28-47)15-17-34)27-46(25-29-8-3-1-4-9-29)26-30-10-5-2-6-11-30/h1-22,37-39,47H,23-28H2,(H,45,48)/t37-,38+,39+/m0/s1. The highest BCUT2D eigenvalue weighted by atomic mass is 35.6. The van der Waals surface area contributed by atoms with Gasteiger partial charge in [-0.3, -0.25) is 9.69 Å². The molecule has 0 aromatic heterocycles. The average Bonchev–Trinajstić information content (AvgIpc) is 3.14. The van der Waals surface area contributed by atoms with E-state index < -0.39 is 16.0 Å². The molecule has 5 aromatic rings. The number of halogens is 3. The number of nitrogens with one attached hydrogen (secondary N) is 1. The minimum Gasteiger partial charge on any atom is -0.392 e. The van der Waals surface area contributed by atoms with Crippen molar-refractivity contribution in [1.82, 2.24) is 10.2 Å². The monoisotopic (exact) mass is 728 g/mol. The van der Waals surface area contributed by atoms with E-state index in [0.29, 0.717) is 13.0 Å². The minimum atomic E-state index is -2.01. The molecule has 5 aromatic carbocycles. The summed E-state index contributed by atoms with van der Waals surface area (Å²) in [5.74, 6) is -0.672. The Labute approximate surface area is 308 Å². The Morgan fingerprint density at radius 1 is 0.700 bits per heavy atom. The molecule has 0 bridgehead atoms. The molecule has 0 aliphatic carbocycles. The van der Waals surface area contributed by atoms with Gasteiger partial charge in [0.1, 0.15) is 0 Å². The number of amides is 1. The molecular formula is C41H39Cl3N2O4. The summed E-state index contributed by atoms with van der Waals surface area (Å²) in [7, 11) is 0. The summed E-state index contributed by atoms with van der Waals surface area (Å²) in [6.07, 6.45) is -0.192. The van der Waals surface area contributed by atoms with Gasteiger partial charge >= 0.3 is 0 Å². The topological polar surface area (TPSA) is 71.0 Å². The van der Waals surface area contributed by atoms with Crippen LogP contribution in [0.4, 0.5) is 0 Å². The van der Waals surface area contributed by atoms with Gasteiger partial charge in [0, 0.05) is 38.2 Å². The van der Waals surface area contributed by atoms with Crippen molar-refractivity contribution < 1.29 is 19.4 Å². The zero-order valence-electron chi connectivity index (χ0n) is 27.4. The number of hydrogen-bond donors (Lipinski definition) is 2. The van der Waals surface area contributed by atoms with Gasteiger partial charge in [0.05, 0.1) is 18.8 Å². The smallest absolute Gasteiger partial charge is 0.272 e. The Morgan fingerprint density at radius 2 is 1.30 bits per heavy atom. The lowest BCUT2D eigenvalue weighted by Crippen LogP contribution is -2.39. The van der Waals surface area contributed by atoms with E-state index in [1.54, 1.807) is 0 Å². The van der Waals surface area contributed by atoms with Crippen molar-refractivity contribution in [3.63, 3.8) is 0 Å². The molecule has 1 amide bonds. The van der Waals surface area contributed by atoms with Crippen LogP contribution >= 0.6 is 34.8 Å². The lowest BCUT2D eigenvalue weighted by Gasteiger charge is -2.38. The van der Waals surface area contributed by atoms with E-state index in [9.17, 15) is 9.90 Å². The minimum absolute atomic E-state index is 0.00700. The van der Waals surface area contributed by atoms with Gasteiger partial charge in [-0.25, -0.2) is 0 Å². The van der Waals surface area contributed by atoms with Crippen LogP contribution in [0.2, 0.25) is 0 Å². The maximum atomic E-state index is 12.0. The molecule has 6 nitrogen and oxygen atoms in total. The van der Waals surface area contributed by atoms with Crippen molar-refractivity contribution >= 4 is 40.7 Å². The zero-order valence-corrected chi connectivity index (χ0v) is 29.7. The lowest BCUT2D eigenvalue weighted by atomic mass is 9.98. The molecule has 1 fully saturated rings. The van der Waals surface area contributed by atoms with Crippen LogP contribution in [0, 0.1) is 0 Å². The van der Waals surface area contributed by atoms with E-state index in [2.05, 4.69) is 58.7 Å². The van der Waals surface area contributed by atoms with Crippen LogP contribution < -0.4 is 5.32 Å². The quantitative estimate of drug-likeness (QED) is 0.126. The number of rotatable bonds is 12. The maximum Gasteiger partial charge on any atom is 0.272 e. The number of aliphatic hydroxyl groups is 1. The number of hydrogen-bond acceptors (Lipinski definition) is 5. The van der Waals surface area contributed by atoms with E-state index >= 15 is 0 Å². The fourth-order valence-corrected chi connectivity index (χ4v) is 6.37. The van der Waals surface area contributed by atoms with Crippen LogP contribution in [0.25, 0.3) is 11.1 Å². The first-order chi connectivity index (χ1) is 24.2. The Bertz CT molecular complexity index is 1780. The molecule has 1 heterocycles. The van der Waals surface area contributed by atoms with Crippen LogP contribution in [0.1, 0.15) is 52.2 Å². The summed E-state index contributed by atoms with van der Waals surface area (Å²) in [6.45, 7) is 2.52. The van der Waals surface area contributed by atoms with Gasteiger partial charge < -0.3 is 19.9 Å². The number of nitrogens with zero attached hydrogens (tertiary/aromatic N) is 1. The molecule has 2 N–H and O–H groups in total. The van der Waals surface area contributed by atoms with Crippen LogP contribution in [0.15, 0.2) is 133 Å². The van der Waals surface area contributed by atoms with Gasteiger partial charge in [0.25, 0.3) is 9.70 Å². The third kappa shape index (κ3) is 9.95. The number of carbonyl (C=O) groups excluding carboxylic acids is 1. The Balaban J connectivity index is 1.22. The molecule has 0 saturated carbocycles. The van der Waals surface area contributed by atoms with Gasteiger partial charge in [0.15, 0.2) is 6.29 Å². The molecule has 9 heteroatoms. The highest BCUT2D eigenvalue weighted by Crippen LogP contribution is 2.39. The van der Waals surface area contributed by atoms with Crippen LogP contribution in [-0.2, 0) is 40.5 Å². The number of alkyl halides is 3. The van der Waals surface area contributed by atoms with Gasteiger partial charge in [-0.15, -0.1) is 0 Å². The molecule has 258 valence electrons. The highest BCUT2D eigenvalue weighted by molar-refractivity contribution is 6.76. The number of benzene rings is 5. The maximum absolute atomic E-state index is 12.0. The average molecular weight is 730 g/mol.